The van der Waals surface area contributed by atoms with Crippen LogP contribution >= 0.6 is 0 Å². The Morgan fingerprint density at radius 2 is 1.67 bits per heavy atom. The van der Waals surface area contributed by atoms with E-state index < -0.39 is 16.7 Å². The van der Waals surface area contributed by atoms with Gasteiger partial charge in [0.05, 0.1) is 30.4 Å². The van der Waals surface area contributed by atoms with Crippen LogP contribution in [0.2, 0.25) is 0 Å². The number of ether oxygens (including phenoxy) is 2. The average molecular weight is 411 g/mol. The van der Waals surface area contributed by atoms with Crippen LogP contribution in [-0.4, -0.2) is 41.9 Å². The van der Waals surface area contributed by atoms with E-state index in [1.807, 2.05) is 0 Å². The first-order valence-electron chi connectivity index (χ1n) is 9.14. The van der Waals surface area contributed by atoms with Crippen molar-refractivity contribution in [2.45, 2.75) is 19.9 Å². The standard InChI is InChI=1S/C21H21N3O6/c1-12(2)23-20(25)18(13-5-7-14(8-6-13)24(27)28)19(21(23)26)22-16-10-9-15(29-3)11-17(16)30-4/h5-12,22H,1-4H3. The maximum absolute atomic E-state index is 13.1. The molecule has 9 nitrogen and oxygen atoms in total. The van der Waals surface area contributed by atoms with Crippen molar-refractivity contribution in [2.24, 2.45) is 0 Å². The number of imide groups is 1. The van der Waals surface area contributed by atoms with Crippen molar-refractivity contribution in [3.8, 4) is 11.5 Å². The molecule has 0 saturated heterocycles. The van der Waals surface area contributed by atoms with Crippen molar-refractivity contribution in [1.29, 1.82) is 0 Å². The second-order valence-electron chi connectivity index (χ2n) is 6.82. The Bertz CT molecular complexity index is 1040. The number of nitrogens with zero attached hydrogens (tertiary/aromatic N) is 2. The molecule has 0 aliphatic carbocycles. The van der Waals surface area contributed by atoms with Gasteiger partial charge in [0.1, 0.15) is 17.2 Å². The van der Waals surface area contributed by atoms with Crippen LogP contribution in [0.25, 0.3) is 5.57 Å². The number of carbonyl (C=O) groups excluding carboxylic acids is 2. The maximum atomic E-state index is 13.1. The summed E-state index contributed by atoms with van der Waals surface area (Å²) >= 11 is 0. The summed E-state index contributed by atoms with van der Waals surface area (Å²) < 4.78 is 10.6. The second kappa shape index (κ2) is 8.24. The molecule has 2 amide bonds. The van der Waals surface area contributed by atoms with Gasteiger partial charge in [-0.05, 0) is 43.7 Å². The predicted octanol–water partition coefficient (Wildman–Crippen LogP) is 3.21. The van der Waals surface area contributed by atoms with Crippen LogP contribution in [-0.2, 0) is 9.59 Å². The zero-order valence-corrected chi connectivity index (χ0v) is 17.0. The van der Waals surface area contributed by atoms with E-state index >= 15 is 0 Å². The summed E-state index contributed by atoms with van der Waals surface area (Å²) in [5.41, 5.74) is 0.979. The molecule has 0 fully saturated rings. The number of amides is 2. The SMILES string of the molecule is COc1ccc(NC2=C(c3ccc([N+](=O)[O-])cc3)C(=O)N(C(C)C)C2=O)c(OC)c1. The van der Waals surface area contributed by atoms with Crippen LogP contribution in [0, 0.1) is 10.1 Å². The lowest BCUT2D eigenvalue weighted by molar-refractivity contribution is -0.384. The van der Waals surface area contributed by atoms with E-state index in [0.29, 0.717) is 22.7 Å². The number of nitro benzene ring substituents is 1. The van der Waals surface area contributed by atoms with Gasteiger partial charge in [0.15, 0.2) is 0 Å². The van der Waals surface area contributed by atoms with Gasteiger partial charge >= 0.3 is 0 Å². The maximum Gasteiger partial charge on any atom is 0.278 e. The van der Waals surface area contributed by atoms with Crippen molar-refractivity contribution in [3.05, 3.63) is 63.8 Å². The summed E-state index contributed by atoms with van der Waals surface area (Å²) in [6, 6.07) is 10.1. The Kier molecular flexibility index (Phi) is 5.72. The van der Waals surface area contributed by atoms with E-state index in [1.54, 1.807) is 32.0 Å². The summed E-state index contributed by atoms with van der Waals surface area (Å²) in [7, 11) is 3.00. The van der Waals surface area contributed by atoms with Gasteiger partial charge in [0.2, 0.25) is 0 Å². The monoisotopic (exact) mass is 411 g/mol. The largest absolute Gasteiger partial charge is 0.497 e. The molecule has 0 spiro atoms. The summed E-state index contributed by atoms with van der Waals surface area (Å²) in [4.78, 5) is 37.7. The van der Waals surface area contributed by atoms with Crippen LogP contribution < -0.4 is 14.8 Å². The number of rotatable bonds is 7. The fraction of sp³-hybridized carbons (Fsp3) is 0.238. The molecule has 2 aromatic carbocycles. The minimum Gasteiger partial charge on any atom is -0.497 e. The highest BCUT2D eigenvalue weighted by Gasteiger charge is 2.40. The summed E-state index contributed by atoms with van der Waals surface area (Å²) in [6.07, 6.45) is 0. The number of methoxy groups -OCH3 is 2. The first kappa shape index (κ1) is 20.8. The number of carbonyl (C=O) groups is 2. The lowest BCUT2D eigenvalue weighted by Gasteiger charge is -2.19. The normalized spacial score (nSPS) is 13.8. The molecule has 156 valence electrons. The van der Waals surface area contributed by atoms with Crippen LogP contribution in [0.4, 0.5) is 11.4 Å². The van der Waals surface area contributed by atoms with Gasteiger partial charge in [-0.3, -0.25) is 24.6 Å². The number of hydrogen-bond acceptors (Lipinski definition) is 7. The molecule has 0 aromatic heterocycles. The van der Waals surface area contributed by atoms with Crippen LogP contribution in [0.3, 0.4) is 0 Å². The van der Waals surface area contributed by atoms with Crippen molar-refractivity contribution < 1.29 is 24.0 Å². The Morgan fingerprint density at radius 1 is 1.00 bits per heavy atom. The number of anilines is 1. The van der Waals surface area contributed by atoms with E-state index in [-0.39, 0.29) is 23.0 Å². The van der Waals surface area contributed by atoms with Gasteiger partial charge in [-0.15, -0.1) is 0 Å². The quantitative estimate of drug-likeness (QED) is 0.423. The molecule has 1 heterocycles. The highest BCUT2D eigenvalue weighted by molar-refractivity contribution is 6.36. The molecule has 2 aromatic rings. The lowest BCUT2D eigenvalue weighted by atomic mass is 10.0. The van der Waals surface area contributed by atoms with Gasteiger partial charge in [-0.1, -0.05) is 0 Å². The predicted molar refractivity (Wildman–Crippen MR) is 110 cm³/mol. The molecule has 0 saturated carbocycles. The van der Waals surface area contributed by atoms with Gasteiger partial charge in [0.25, 0.3) is 17.5 Å². The van der Waals surface area contributed by atoms with Crippen molar-refractivity contribution in [3.63, 3.8) is 0 Å². The number of nitrogens with one attached hydrogen (secondary N) is 1. The topological polar surface area (TPSA) is 111 Å². The molecular formula is C21H21N3O6. The number of hydrogen-bond donors (Lipinski definition) is 1. The van der Waals surface area contributed by atoms with Crippen LogP contribution in [0.5, 0.6) is 11.5 Å². The molecule has 9 heteroatoms. The molecule has 3 rings (SSSR count). The Morgan fingerprint density at radius 3 is 2.20 bits per heavy atom. The Balaban J connectivity index is 2.11. The third kappa shape index (κ3) is 3.69. The minimum atomic E-state index is -0.526. The van der Waals surface area contributed by atoms with Gasteiger partial charge < -0.3 is 14.8 Å². The zero-order valence-electron chi connectivity index (χ0n) is 17.0. The number of nitro groups is 1. The first-order valence-corrected chi connectivity index (χ1v) is 9.14. The summed E-state index contributed by atoms with van der Waals surface area (Å²) in [5.74, 6) is 0.0350. The second-order valence-corrected chi connectivity index (χ2v) is 6.82. The van der Waals surface area contributed by atoms with Gasteiger partial charge in [0, 0.05) is 24.2 Å². The average Bonchev–Trinajstić information content (AvgIpc) is 2.97. The fourth-order valence-corrected chi connectivity index (χ4v) is 3.19. The molecule has 1 aliphatic rings. The minimum absolute atomic E-state index is 0.0750. The molecular weight excluding hydrogens is 390 g/mol. The number of benzene rings is 2. The molecule has 1 aliphatic heterocycles. The van der Waals surface area contributed by atoms with Crippen LogP contribution in [0.1, 0.15) is 19.4 Å². The van der Waals surface area contributed by atoms with Gasteiger partial charge in [-0.2, -0.15) is 0 Å². The molecule has 30 heavy (non-hydrogen) atoms. The molecule has 0 atom stereocenters. The summed E-state index contributed by atoms with van der Waals surface area (Å²) in [6.45, 7) is 3.47. The van der Waals surface area contributed by atoms with E-state index in [4.69, 9.17) is 9.47 Å². The van der Waals surface area contributed by atoms with Crippen molar-refractivity contribution >= 4 is 28.8 Å². The smallest absolute Gasteiger partial charge is 0.278 e. The van der Waals surface area contributed by atoms with E-state index in [2.05, 4.69) is 5.32 Å². The zero-order chi connectivity index (χ0) is 22.0. The van der Waals surface area contributed by atoms with Crippen molar-refractivity contribution in [1.82, 2.24) is 4.90 Å². The Hall–Kier alpha value is -3.88. The van der Waals surface area contributed by atoms with Crippen molar-refractivity contribution in [2.75, 3.05) is 19.5 Å². The number of non-ortho nitro benzene ring substituents is 1. The molecule has 1 N–H and O–H groups in total. The Labute approximate surface area is 173 Å². The lowest BCUT2D eigenvalue weighted by Crippen LogP contribution is -2.38. The molecule has 0 unspecified atom stereocenters. The first-order chi connectivity index (χ1) is 14.3. The molecule has 0 radical (unpaired) electrons. The molecule has 0 bridgehead atoms. The van der Waals surface area contributed by atoms with E-state index in [1.165, 1.54) is 38.5 Å². The highest BCUT2D eigenvalue weighted by atomic mass is 16.6. The fourth-order valence-electron chi connectivity index (χ4n) is 3.19. The van der Waals surface area contributed by atoms with Crippen LogP contribution in [0.15, 0.2) is 48.2 Å². The third-order valence-electron chi connectivity index (χ3n) is 4.67. The van der Waals surface area contributed by atoms with E-state index in [0.717, 1.165) is 4.90 Å². The van der Waals surface area contributed by atoms with Gasteiger partial charge in [-0.25, -0.2) is 0 Å². The van der Waals surface area contributed by atoms with E-state index in [9.17, 15) is 19.7 Å². The summed E-state index contributed by atoms with van der Waals surface area (Å²) in [5, 5.41) is 14.0. The highest BCUT2D eigenvalue weighted by Crippen LogP contribution is 2.36. The third-order valence-corrected chi connectivity index (χ3v) is 4.67.